The van der Waals surface area contributed by atoms with Gasteiger partial charge in [-0.15, -0.1) is 0 Å². The number of phenols is 1. The average Bonchev–Trinajstić information content (AvgIpc) is 2.42. The molecule has 0 atom stereocenters. The number of aliphatic carboxylic acids is 1. The molecule has 2 aromatic rings. The van der Waals surface area contributed by atoms with Crippen molar-refractivity contribution in [1.82, 2.24) is 0 Å². The maximum absolute atomic E-state index is 10.6. The molecule has 2 N–H and O–H groups in total. The molecule has 0 aromatic heterocycles. The summed E-state index contributed by atoms with van der Waals surface area (Å²) in [5.41, 5.74) is 1.13. The Balaban J connectivity index is 2.16. The minimum Gasteiger partial charge on any atom is -0.507 e. The lowest BCUT2D eigenvalue weighted by Crippen LogP contribution is -1.99. The zero-order valence-corrected chi connectivity index (χ0v) is 11.2. The van der Waals surface area contributed by atoms with E-state index in [1.54, 1.807) is 36.4 Å². The highest BCUT2D eigenvalue weighted by Crippen LogP contribution is 2.34. The van der Waals surface area contributed by atoms with Crippen molar-refractivity contribution >= 4 is 17.7 Å². The fourth-order valence-electron chi connectivity index (χ4n) is 1.66. The third-order valence-electron chi connectivity index (χ3n) is 2.59. The molecule has 100 valence electrons. The topological polar surface area (TPSA) is 81.3 Å². The molecule has 0 radical (unpaired) electrons. The number of benzene rings is 2. The summed E-state index contributed by atoms with van der Waals surface area (Å²) in [5, 5.41) is 27.3. The first-order chi connectivity index (χ1) is 9.58. The summed E-state index contributed by atoms with van der Waals surface area (Å²) < 4.78 is 0. The van der Waals surface area contributed by atoms with Gasteiger partial charge in [0.1, 0.15) is 5.75 Å². The fraction of sp³-hybridized carbons (Fsp3) is 0.0667. The van der Waals surface area contributed by atoms with Crippen molar-refractivity contribution in [2.75, 3.05) is 0 Å². The van der Waals surface area contributed by atoms with Gasteiger partial charge >= 0.3 is 5.97 Å². The molecule has 4 nitrogen and oxygen atoms in total. The molecule has 0 spiro atoms. The van der Waals surface area contributed by atoms with E-state index >= 15 is 0 Å². The smallest absolute Gasteiger partial charge is 0.307 e. The summed E-state index contributed by atoms with van der Waals surface area (Å²) in [7, 11) is 0. The van der Waals surface area contributed by atoms with Gasteiger partial charge in [-0.1, -0.05) is 17.8 Å². The first-order valence-electron chi connectivity index (χ1n) is 5.80. The second-order valence-electron chi connectivity index (χ2n) is 4.11. The molecule has 20 heavy (non-hydrogen) atoms. The first-order valence-corrected chi connectivity index (χ1v) is 6.62. The van der Waals surface area contributed by atoms with Crippen molar-refractivity contribution in [3.05, 3.63) is 53.6 Å². The third-order valence-corrected chi connectivity index (χ3v) is 3.66. The molecule has 0 saturated heterocycles. The van der Waals surface area contributed by atoms with E-state index in [0.717, 1.165) is 4.90 Å². The fourth-order valence-corrected chi connectivity index (χ4v) is 2.48. The summed E-state index contributed by atoms with van der Waals surface area (Å²) in [6, 6.07) is 13.9. The normalized spacial score (nSPS) is 9.95. The molecule has 0 aliphatic carbocycles. The highest BCUT2D eigenvalue weighted by Gasteiger charge is 2.07. The summed E-state index contributed by atoms with van der Waals surface area (Å²) in [5.74, 6) is -0.880. The Morgan fingerprint density at radius 1 is 1.20 bits per heavy atom. The molecular formula is C15H11NO3S. The van der Waals surface area contributed by atoms with Crippen LogP contribution in [0.2, 0.25) is 0 Å². The standard InChI is InChI=1S/C15H11NO3S/c16-9-10-1-4-12(5-2-10)20-14-6-3-11(7-13(14)17)8-15(18)19/h1-7,17H,8H2,(H,18,19). The van der Waals surface area contributed by atoms with E-state index in [4.69, 9.17) is 10.4 Å². The molecule has 2 rings (SSSR count). The van der Waals surface area contributed by atoms with Crippen LogP contribution in [0.5, 0.6) is 5.75 Å². The lowest BCUT2D eigenvalue weighted by Gasteiger charge is -2.06. The van der Waals surface area contributed by atoms with Crippen LogP contribution >= 0.6 is 11.8 Å². The van der Waals surface area contributed by atoms with E-state index in [1.165, 1.54) is 17.8 Å². The van der Waals surface area contributed by atoms with Gasteiger partial charge in [-0.3, -0.25) is 4.79 Å². The number of nitrogens with zero attached hydrogens (tertiary/aromatic N) is 1. The Bertz CT molecular complexity index is 675. The number of phenolic OH excluding ortho intramolecular Hbond substituents is 1. The number of hydrogen-bond acceptors (Lipinski definition) is 4. The van der Waals surface area contributed by atoms with E-state index in [-0.39, 0.29) is 12.2 Å². The number of aromatic hydroxyl groups is 1. The molecule has 5 heteroatoms. The molecule has 0 fully saturated rings. The third kappa shape index (κ3) is 3.53. The molecule has 0 bridgehead atoms. The van der Waals surface area contributed by atoms with Crippen LogP contribution in [0.4, 0.5) is 0 Å². The predicted octanol–water partition coefficient (Wildman–Crippen LogP) is 3.04. The van der Waals surface area contributed by atoms with Crippen molar-refractivity contribution in [2.24, 2.45) is 0 Å². The van der Waals surface area contributed by atoms with Crippen LogP contribution in [0.1, 0.15) is 11.1 Å². The number of nitriles is 1. The molecule has 0 heterocycles. The van der Waals surface area contributed by atoms with Crippen LogP contribution in [-0.4, -0.2) is 16.2 Å². The van der Waals surface area contributed by atoms with Gasteiger partial charge in [0.2, 0.25) is 0 Å². The van der Waals surface area contributed by atoms with Crippen molar-refractivity contribution in [3.8, 4) is 11.8 Å². The number of hydrogen-bond donors (Lipinski definition) is 2. The van der Waals surface area contributed by atoms with Crippen LogP contribution in [0.25, 0.3) is 0 Å². The van der Waals surface area contributed by atoms with Crippen LogP contribution < -0.4 is 0 Å². The Morgan fingerprint density at radius 2 is 1.90 bits per heavy atom. The number of carboxylic acid groups (broad SMARTS) is 1. The average molecular weight is 285 g/mol. The molecule has 0 aliphatic rings. The largest absolute Gasteiger partial charge is 0.507 e. The second-order valence-corrected chi connectivity index (χ2v) is 5.23. The van der Waals surface area contributed by atoms with Crippen LogP contribution in [0.15, 0.2) is 52.3 Å². The maximum Gasteiger partial charge on any atom is 0.307 e. The van der Waals surface area contributed by atoms with E-state index in [0.29, 0.717) is 16.0 Å². The monoisotopic (exact) mass is 285 g/mol. The van der Waals surface area contributed by atoms with Gasteiger partial charge in [0.05, 0.1) is 22.9 Å². The van der Waals surface area contributed by atoms with Crippen molar-refractivity contribution < 1.29 is 15.0 Å². The van der Waals surface area contributed by atoms with Gasteiger partial charge < -0.3 is 10.2 Å². The van der Waals surface area contributed by atoms with E-state index in [1.807, 2.05) is 6.07 Å². The molecule has 0 aliphatic heterocycles. The summed E-state index contributed by atoms with van der Waals surface area (Å²) in [4.78, 5) is 12.1. The van der Waals surface area contributed by atoms with Crippen molar-refractivity contribution in [1.29, 1.82) is 5.26 Å². The number of carboxylic acids is 1. The number of carbonyl (C=O) groups is 1. The Hall–Kier alpha value is -2.45. The van der Waals surface area contributed by atoms with Crippen LogP contribution in [-0.2, 0) is 11.2 Å². The molecule has 0 amide bonds. The Labute approximate surface area is 120 Å². The quantitative estimate of drug-likeness (QED) is 0.902. The van der Waals surface area contributed by atoms with Crippen LogP contribution in [0, 0.1) is 11.3 Å². The minimum atomic E-state index is -0.933. The lowest BCUT2D eigenvalue weighted by atomic mass is 10.1. The Kier molecular flexibility index (Phi) is 4.28. The molecular weight excluding hydrogens is 274 g/mol. The number of rotatable bonds is 4. The zero-order chi connectivity index (χ0) is 14.5. The minimum absolute atomic E-state index is 0.0538. The summed E-state index contributed by atoms with van der Waals surface area (Å²) in [6.07, 6.45) is -0.116. The van der Waals surface area contributed by atoms with Gasteiger partial charge in [-0.25, -0.2) is 0 Å². The van der Waals surface area contributed by atoms with Gasteiger partial charge in [-0.05, 0) is 42.0 Å². The van der Waals surface area contributed by atoms with Crippen molar-refractivity contribution in [3.63, 3.8) is 0 Å². The predicted molar refractivity (Wildman–Crippen MR) is 74.7 cm³/mol. The summed E-state index contributed by atoms with van der Waals surface area (Å²) in [6.45, 7) is 0. The van der Waals surface area contributed by atoms with Gasteiger partial charge in [0.25, 0.3) is 0 Å². The lowest BCUT2D eigenvalue weighted by molar-refractivity contribution is -0.136. The van der Waals surface area contributed by atoms with E-state index in [9.17, 15) is 9.90 Å². The molecule has 2 aromatic carbocycles. The second kappa shape index (κ2) is 6.13. The van der Waals surface area contributed by atoms with Gasteiger partial charge in [-0.2, -0.15) is 5.26 Å². The van der Waals surface area contributed by atoms with Crippen LogP contribution in [0.3, 0.4) is 0 Å². The molecule has 0 unspecified atom stereocenters. The highest BCUT2D eigenvalue weighted by molar-refractivity contribution is 7.99. The first kappa shape index (κ1) is 14.0. The maximum atomic E-state index is 10.6. The Morgan fingerprint density at radius 3 is 2.45 bits per heavy atom. The van der Waals surface area contributed by atoms with E-state index < -0.39 is 5.97 Å². The molecule has 0 saturated carbocycles. The SMILES string of the molecule is N#Cc1ccc(Sc2ccc(CC(=O)O)cc2O)cc1. The van der Waals surface area contributed by atoms with Gasteiger partial charge in [0, 0.05) is 4.90 Å². The van der Waals surface area contributed by atoms with Gasteiger partial charge in [0.15, 0.2) is 0 Å². The highest BCUT2D eigenvalue weighted by atomic mass is 32.2. The zero-order valence-electron chi connectivity index (χ0n) is 10.4. The van der Waals surface area contributed by atoms with Crippen molar-refractivity contribution in [2.45, 2.75) is 16.2 Å². The summed E-state index contributed by atoms with van der Waals surface area (Å²) >= 11 is 1.35. The van der Waals surface area contributed by atoms with E-state index in [2.05, 4.69) is 0 Å².